The lowest BCUT2D eigenvalue weighted by molar-refractivity contribution is -0.131. The van der Waals surface area contributed by atoms with Crippen molar-refractivity contribution in [3.8, 4) is 0 Å². The highest BCUT2D eigenvalue weighted by atomic mass is 16.2. The van der Waals surface area contributed by atoms with Crippen molar-refractivity contribution in [1.82, 2.24) is 4.90 Å². The van der Waals surface area contributed by atoms with Gasteiger partial charge in [0.15, 0.2) is 0 Å². The van der Waals surface area contributed by atoms with E-state index in [1.54, 1.807) is 0 Å². The van der Waals surface area contributed by atoms with Gasteiger partial charge in [-0.1, -0.05) is 20.8 Å². The topological polar surface area (TPSA) is 46.3 Å². The smallest absolute Gasteiger partial charge is 0.222 e. The zero-order chi connectivity index (χ0) is 13.5. The van der Waals surface area contributed by atoms with Crippen LogP contribution in [0.1, 0.15) is 52.9 Å². The highest BCUT2D eigenvalue weighted by molar-refractivity contribution is 5.76. The van der Waals surface area contributed by atoms with Crippen molar-refractivity contribution in [2.24, 2.45) is 23.5 Å². The molecule has 3 heteroatoms. The predicted octanol–water partition coefficient (Wildman–Crippen LogP) is 2.65. The first kappa shape index (κ1) is 15.5. The fraction of sp³-hybridized carbons (Fsp3) is 0.933. The summed E-state index contributed by atoms with van der Waals surface area (Å²) in [5.74, 6) is 2.34. The Morgan fingerprint density at radius 3 is 2.61 bits per heavy atom. The lowest BCUT2D eigenvalue weighted by atomic mass is 9.89. The molecule has 0 radical (unpaired) electrons. The maximum absolute atomic E-state index is 12.1. The standard InChI is InChI=1S/C15H30N2O/c1-12(2)14-5-4-9-17(10-8-14)15(18)7-6-13(3)11-16/h12-14H,4-11,16H2,1-3H3. The van der Waals surface area contributed by atoms with Crippen molar-refractivity contribution in [2.75, 3.05) is 19.6 Å². The number of hydrogen-bond acceptors (Lipinski definition) is 2. The number of amides is 1. The Labute approximate surface area is 112 Å². The average Bonchev–Trinajstić information content (AvgIpc) is 2.61. The lowest BCUT2D eigenvalue weighted by Crippen LogP contribution is -2.32. The molecule has 1 fully saturated rings. The van der Waals surface area contributed by atoms with Gasteiger partial charge in [-0.3, -0.25) is 4.79 Å². The van der Waals surface area contributed by atoms with Crippen LogP contribution in [0.2, 0.25) is 0 Å². The van der Waals surface area contributed by atoms with E-state index in [0.717, 1.165) is 31.3 Å². The van der Waals surface area contributed by atoms with Crippen LogP contribution in [0.15, 0.2) is 0 Å². The highest BCUT2D eigenvalue weighted by Crippen LogP contribution is 2.25. The fourth-order valence-electron chi connectivity index (χ4n) is 2.68. The Bertz CT molecular complexity index is 253. The van der Waals surface area contributed by atoms with Crippen LogP contribution in [0.3, 0.4) is 0 Å². The van der Waals surface area contributed by atoms with Gasteiger partial charge in [-0.2, -0.15) is 0 Å². The van der Waals surface area contributed by atoms with Crippen molar-refractivity contribution in [3.63, 3.8) is 0 Å². The Kier molecular flexibility index (Phi) is 6.69. The molecule has 0 aromatic carbocycles. The van der Waals surface area contributed by atoms with Gasteiger partial charge in [0.1, 0.15) is 0 Å². The molecule has 2 unspecified atom stereocenters. The molecule has 1 aliphatic heterocycles. The van der Waals surface area contributed by atoms with Crippen LogP contribution >= 0.6 is 0 Å². The molecule has 0 spiro atoms. The van der Waals surface area contributed by atoms with E-state index >= 15 is 0 Å². The molecule has 2 N–H and O–H groups in total. The van der Waals surface area contributed by atoms with Gasteiger partial charge >= 0.3 is 0 Å². The minimum absolute atomic E-state index is 0.333. The summed E-state index contributed by atoms with van der Waals surface area (Å²) in [6.07, 6.45) is 5.22. The largest absolute Gasteiger partial charge is 0.343 e. The van der Waals surface area contributed by atoms with Crippen LogP contribution in [-0.2, 0) is 4.79 Å². The van der Waals surface area contributed by atoms with Gasteiger partial charge in [-0.05, 0) is 50.0 Å². The van der Waals surface area contributed by atoms with Crippen LogP contribution in [0.4, 0.5) is 0 Å². The molecule has 3 nitrogen and oxygen atoms in total. The maximum atomic E-state index is 12.1. The second-order valence-electron chi connectivity index (χ2n) is 6.20. The van der Waals surface area contributed by atoms with Crippen molar-refractivity contribution < 1.29 is 4.79 Å². The van der Waals surface area contributed by atoms with Crippen LogP contribution in [-0.4, -0.2) is 30.4 Å². The van der Waals surface area contributed by atoms with Crippen molar-refractivity contribution in [3.05, 3.63) is 0 Å². The van der Waals surface area contributed by atoms with E-state index in [0.29, 0.717) is 24.8 Å². The molecule has 0 saturated carbocycles. The quantitative estimate of drug-likeness (QED) is 0.820. The summed E-state index contributed by atoms with van der Waals surface area (Å²) in [6.45, 7) is 9.31. The second kappa shape index (κ2) is 7.78. The lowest BCUT2D eigenvalue weighted by Gasteiger charge is -2.22. The van der Waals surface area contributed by atoms with E-state index in [-0.39, 0.29) is 0 Å². The van der Waals surface area contributed by atoms with Crippen LogP contribution in [0.5, 0.6) is 0 Å². The normalized spacial score (nSPS) is 22.9. The summed E-state index contributed by atoms with van der Waals surface area (Å²) >= 11 is 0. The third kappa shape index (κ3) is 4.97. The van der Waals surface area contributed by atoms with Gasteiger partial charge in [0, 0.05) is 19.5 Å². The average molecular weight is 254 g/mol. The zero-order valence-electron chi connectivity index (χ0n) is 12.3. The third-order valence-electron chi connectivity index (χ3n) is 4.32. The summed E-state index contributed by atoms with van der Waals surface area (Å²) in [6, 6.07) is 0. The van der Waals surface area contributed by atoms with Crippen LogP contribution in [0, 0.1) is 17.8 Å². The summed E-state index contributed by atoms with van der Waals surface area (Å²) < 4.78 is 0. The number of carbonyl (C=O) groups is 1. The first-order chi connectivity index (χ1) is 8.54. The molecule has 1 rings (SSSR count). The molecule has 2 atom stereocenters. The Morgan fingerprint density at radius 1 is 1.28 bits per heavy atom. The molecule has 0 aromatic heterocycles. The minimum atomic E-state index is 0.333. The van der Waals surface area contributed by atoms with E-state index in [1.807, 2.05) is 0 Å². The molecule has 1 amide bonds. The van der Waals surface area contributed by atoms with Gasteiger partial charge in [-0.25, -0.2) is 0 Å². The summed E-state index contributed by atoms with van der Waals surface area (Å²) in [7, 11) is 0. The highest BCUT2D eigenvalue weighted by Gasteiger charge is 2.22. The van der Waals surface area contributed by atoms with Crippen LogP contribution < -0.4 is 5.73 Å². The second-order valence-corrected chi connectivity index (χ2v) is 6.20. The monoisotopic (exact) mass is 254 g/mol. The van der Waals surface area contributed by atoms with E-state index < -0.39 is 0 Å². The Hall–Kier alpha value is -0.570. The van der Waals surface area contributed by atoms with Gasteiger partial charge in [-0.15, -0.1) is 0 Å². The number of hydrogen-bond donors (Lipinski definition) is 1. The zero-order valence-corrected chi connectivity index (χ0v) is 12.3. The molecule has 1 saturated heterocycles. The van der Waals surface area contributed by atoms with Gasteiger partial charge in [0.25, 0.3) is 0 Å². The predicted molar refractivity (Wildman–Crippen MR) is 76.2 cm³/mol. The molecule has 106 valence electrons. The molecule has 1 heterocycles. The molecule has 0 aliphatic carbocycles. The van der Waals surface area contributed by atoms with Gasteiger partial charge in [0.05, 0.1) is 0 Å². The SMILES string of the molecule is CC(CN)CCC(=O)N1CCCC(C(C)C)CC1. The Morgan fingerprint density at radius 2 is 2.00 bits per heavy atom. The number of nitrogens with zero attached hydrogens (tertiary/aromatic N) is 1. The first-order valence-electron chi connectivity index (χ1n) is 7.52. The molecule has 0 aromatic rings. The van der Waals surface area contributed by atoms with Crippen molar-refractivity contribution >= 4 is 5.91 Å². The van der Waals surface area contributed by atoms with Gasteiger partial charge in [0.2, 0.25) is 5.91 Å². The Balaban J connectivity index is 2.35. The van der Waals surface area contributed by atoms with E-state index in [4.69, 9.17) is 5.73 Å². The van der Waals surface area contributed by atoms with Crippen molar-refractivity contribution in [1.29, 1.82) is 0 Å². The molecular formula is C15H30N2O. The van der Waals surface area contributed by atoms with E-state index in [9.17, 15) is 4.79 Å². The number of nitrogens with two attached hydrogens (primary N) is 1. The molecule has 18 heavy (non-hydrogen) atoms. The molecule has 1 aliphatic rings. The molecular weight excluding hydrogens is 224 g/mol. The maximum Gasteiger partial charge on any atom is 0.222 e. The first-order valence-corrected chi connectivity index (χ1v) is 7.52. The summed E-state index contributed by atoms with van der Waals surface area (Å²) in [4.78, 5) is 14.2. The number of likely N-dealkylation sites (tertiary alicyclic amines) is 1. The fourth-order valence-corrected chi connectivity index (χ4v) is 2.68. The minimum Gasteiger partial charge on any atom is -0.343 e. The van der Waals surface area contributed by atoms with E-state index in [2.05, 4.69) is 25.7 Å². The van der Waals surface area contributed by atoms with E-state index in [1.165, 1.54) is 19.3 Å². The number of carbonyl (C=O) groups excluding carboxylic acids is 1. The summed E-state index contributed by atoms with van der Waals surface area (Å²) in [5, 5.41) is 0. The van der Waals surface area contributed by atoms with Crippen LogP contribution in [0.25, 0.3) is 0 Å². The third-order valence-corrected chi connectivity index (χ3v) is 4.32. The molecule has 0 bridgehead atoms. The summed E-state index contributed by atoms with van der Waals surface area (Å²) in [5.41, 5.74) is 5.59. The van der Waals surface area contributed by atoms with Gasteiger partial charge < -0.3 is 10.6 Å². The number of rotatable bonds is 5. The van der Waals surface area contributed by atoms with Crippen molar-refractivity contribution in [2.45, 2.75) is 52.9 Å².